The highest BCUT2D eigenvalue weighted by molar-refractivity contribution is 4.91. The van der Waals surface area contributed by atoms with Crippen LogP contribution in [-0.2, 0) is 0 Å². The van der Waals surface area contributed by atoms with E-state index in [1.54, 1.807) is 0 Å². The summed E-state index contributed by atoms with van der Waals surface area (Å²) in [6, 6.07) is 0.289. The standard InChI is InChI=1S/C10H25N3/c1-7(2)10(13,5-8(3)11)6-9(4)12/h7-9H,5-6,11-13H2,1-4H3. The van der Waals surface area contributed by atoms with Gasteiger partial charge in [0.1, 0.15) is 0 Å². The molecule has 3 nitrogen and oxygen atoms in total. The molecule has 6 N–H and O–H groups in total. The molecule has 0 saturated carbocycles. The number of hydrogen-bond donors (Lipinski definition) is 3. The Kier molecular flexibility index (Phi) is 4.89. The van der Waals surface area contributed by atoms with Crippen LogP contribution in [0, 0.1) is 5.92 Å². The van der Waals surface area contributed by atoms with Crippen LogP contribution in [0.4, 0.5) is 0 Å². The lowest BCUT2D eigenvalue weighted by Gasteiger charge is -2.36. The Morgan fingerprint density at radius 1 is 0.923 bits per heavy atom. The molecule has 13 heavy (non-hydrogen) atoms. The maximum atomic E-state index is 6.28. The van der Waals surface area contributed by atoms with Crippen LogP contribution >= 0.6 is 0 Å². The van der Waals surface area contributed by atoms with E-state index in [2.05, 4.69) is 13.8 Å². The first-order valence-corrected chi connectivity index (χ1v) is 5.08. The predicted octanol–water partition coefficient (Wildman–Crippen LogP) is 0.815. The van der Waals surface area contributed by atoms with Crippen LogP contribution < -0.4 is 17.2 Å². The molecule has 0 fully saturated rings. The van der Waals surface area contributed by atoms with E-state index in [-0.39, 0.29) is 17.6 Å². The molecule has 0 aliphatic rings. The van der Waals surface area contributed by atoms with Crippen molar-refractivity contribution in [2.45, 2.75) is 58.2 Å². The van der Waals surface area contributed by atoms with Crippen molar-refractivity contribution < 1.29 is 0 Å². The lowest BCUT2D eigenvalue weighted by molar-refractivity contribution is 0.241. The van der Waals surface area contributed by atoms with E-state index in [9.17, 15) is 0 Å². The van der Waals surface area contributed by atoms with Gasteiger partial charge in [0.25, 0.3) is 0 Å². The number of nitrogens with two attached hydrogens (primary N) is 3. The van der Waals surface area contributed by atoms with Crippen LogP contribution in [0.25, 0.3) is 0 Å². The maximum Gasteiger partial charge on any atom is 0.0206 e. The van der Waals surface area contributed by atoms with Crippen molar-refractivity contribution in [1.29, 1.82) is 0 Å². The quantitative estimate of drug-likeness (QED) is 0.596. The lowest BCUT2D eigenvalue weighted by atomic mass is 9.78. The molecule has 0 bridgehead atoms. The van der Waals surface area contributed by atoms with Crippen molar-refractivity contribution >= 4 is 0 Å². The largest absolute Gasteiger partial charge is 0.328 e. The van der Waals surface area contributed by atoms with Gasteiger partial charge < -0.3 is 17.2 Å². The molecule has 0 rings (SSSR count). The van der Waals surface area contributed by atoms with Gasteiger partial charge in [0.05, 0.1) is 0 Å². The lowest BCUT2D eigenvalue weighted by Crippen LogP contribution is -2.51. The first kappa shape index (κ1) is 12.9. The Balaban J connectivity index is 4.34. The highest BCUT2D eigenvalue weighted by Crippen LogP contribution is 2.24. The normalized spacial score (nSPS) is 21.2. The second-order valence-electron chi connectivity index (χ2n) is 4.75. The van der Waals surface area contributed by atoms with E-state index in [4.69, 9.17) is 17.2 Å². The molecular formula is C10H25N3. The minimum absolute atomic E-state index is 0.145. The molecule has 0 amide bonds. The van der Waals surface area contributed by atoms with Crippen LogP contribution in [0.1, 0.15) is 40.5 Å². The molecule has 0 aliphatic carbocycles. The van der Waals surface area contributed by atoms with Gasteiger partial charge >= 0.3 is 0 Å². The fourth-order valence-electron chi connectivity index (χ4n) is 1.75. The summed E-state index contributed by atoms with van der Waals surface area (Å²) in [4.78, 5) is 0. The van der Waals surface area contributed by atoms with E-state index < -0.39 is 0 Å². The van der Waals surface area contributed by atoms with Crippen LogP contribution in [0.3, 0.4) is 0 Å². The van der Waals surface area contributed by atoms with Crippen molar-refractivity contribution in [3.63, 3.8) is 0 Å². The second-order valence-corrected chi connectivity index (χ2v) is 4.75. The number of rotatable bonds is 5. The molecule has 0 spiro atoms. The van der Waals surface area contributed by atoms with E-state index in [0.717, 1.165) is 12.8 Å². The van der Waals surface area contributed by atoms with E-state index in [0.29, 0.717) is 5.92 Å². The van der Waals surface area contributed by atoms with Crippen LogP contribution in [0.5, 0.6) is 0 Å². The van der Waals surface area contributed by atoms with Crippen LogP contribution in [0.2, 0.25) is 0 Å². The van der Waals surface area contributed by atoms with Gasteiger partial charge in [-0.2, -0.15) is 0 Å². The molecule has 0 radical (unpaired) electrons. The molecular weight excluding hydrogens is 162 g/mol. The van der Waals surface area contributed by atoms with Gasteiger partial charge in [-0.3, -0.25) is 0 Å². The Hall–Kier alpha value is -0.120. The molecule has 80 valence electrons. The Morgan fingerprint density at radius 3 is 1.38 bits per heavy atom. The van der Waals surface area contributed by atoms with Gasteiger partial charge in [-0.15, -0.1) is 0 Å². The van der Waals surface area contributed by atoms with Gasteiger partial charge in [0.2, 0.25) is 0 Å². The summed E-state index contributed by atoms with van der Waals surface area (Å²) < 4.78 is 0. The van der Waals surface area contributed by atoms with Gasteiger partial charge in [-0.25, -0.2) is 0 Å². The van der Waals surface area contributed by atoms with E-state index >= 15 is 0 Å². The van der Waals surface area contributed by atoms with E-state index in [1.165, 1.54) is 0 Å². The fraction of sp³-hybridized carbons (Fsp3) is 1.00. The zero-order chi connectivity index (χ0) is 10.6. The van der Waals surface area contributed by atoms with Crippen molar-refractivity contribution in [3.8, 4) is 0 Å². The maximum absolute atomic E-state index is 6.28. The molecule has 0 saturated heterocycles. The van der Waals surface area contributed by atoms with Gasteiger partial charge in [0, 0.05) is 17.6 Å². The SMILES string of the molecule is CC(N)CC(N)(CC(C)N)C(C)C. The highest BCUT2D eigenvalue weighted by Gasteiger charge is 2.30. The molecule has 0 aromatic rings. The fourth-order valence-corrected chi connectivity index (χ4v) is 1.75. The summed E-state index contributed by atoms with van der Waals surface area (Å²) in [7, 11) is 0. The van der Waals surface area contributed by atoms with Gasteiger partial charge in [-0.1, -0.05) is 13.8 Å². The Labute approximate surface area is 82.0 Å². The molecule has 0 aliphatic heterocycles. The summed E-state index contributed by atoms with van der Waals surface area (Å²) in [5, 5.41) is 0. The average molecular weight is 187 g/mol. The average Bonchev–Trinajstić information content (AvgIpc) is 1.82. The van der Waals surface area contributed by atoms with Gasteiger partial charge in [-0.05, 0) is 32.6 Å². The van der Waals surface area contributed by atoms with Crippen LogP contribution in [-0.4, -0.2) is 17.6 Å². The predicted molar refractivity (Wildman–Crippen MR) is 58.3 cm³/mol. The topological polar surface area (TPSA) is 78.1 Å². The monoisotopic (exact) mass is 187 g/mol. The third kappa shape index (κ3) is 4.60. The van der Waals surface area contributed by atoms with Crippen molar-refractivity contribution in [2.24, 2.45) is 23.1 Å². The highest BCUT2D eigenvalue weighted by atomic mass is 14.8. The zero-order valence-corrected chi connectivity index (χ0v) is 9.38. The zero-order valence-electron chi connectivity index (χ0n) is 9.38. The third-order valence-corrected chi connectivity index (χ3v) is 2.55. The number of hydrogen-bond acceptors (Lipinski definition) is 3. The summed E-state index contributed by atoms with van der Waals surface area (Å²) in [6.07, 6.45) is 1.68. The molecule has 3 heteroatoms. The van der Waals surface area contributed by atoms with E-state index in [1.807, 2.05) is 13.8 Å². The first-order chi connectivity index (χ1) is 5.78. The van der Waals surface area contributed by atoms with Crippen molar-refractivity contribution in [1.82, 2.24) is 0 Å². The molecule has 0 aromatic heterocycles. The first-order valence-electron chi connectivity index (χ1n) is 5.08. The van der Waals surface area contributed by atoms with Crippen molar-refractivity contribution in [2.75, 3.05) is 0 Å². The summed E-state index contributed by atoms with van der Waals surface area (Å²) in [5.74, 6) is 0.421. The Bertz CT molecular complexity index is 131. The summed E-state index contributed by atoms with van der Waals surface area (Å²) >= 11 is 0. The third-order valence-electron chi connectivity index (χ3n) is 2.55. The minimum Gasteiger partial charge on any atom is -0.328 e. The summed E-state index contributed by atoms with van der Waals surface area (Å²) in [5.41, 5.74) is 17.6. The molecule has 2 unspecified atom stereocenters. The second kappa shape index (κ2) is 4.94. The smallest absolute Gasteiger partial charge is 0.0206 e. The summed E-state index contributed by atoms with van der Waals surface area (Å²) in [6.45, 7) is 8.24. The van der Waals surface area contributed by atoms with Crippen molar-refractivity contribution in [3.05, 3.63) is 0 Å². The van der Waals surface area contributed by atoms with Gasteiger partial charge in [0.15, 0.2) is 0 Å². The minimum atomic E-state index is -0.206. The Morgan fingerprint density at radius 2 is 1.23 bits per heavy atom. The van der Waals surface area contributed by atoms with Crippen LogP contribution in [0.15, 0.2) is 0 Å². The molecule has 2 atom stereocenters. The molecule has 0 aromatic carbocycles. The molecule has 0 heterocycles.